The Morgan fingerprint density at radius 3 is 2.66 bits per heavy atom. The van der Waals surface area contributed by atoms with E-state index in [1.807, 2.05) is 6.92 Å². The van der Waals surface area contributed by atoms with Crippen molar-refractivity contribution >= 4 is 22.7 Å². The first kappa shape index (κ1) is 21.0. The predicted octanol–water partition coefficient (Wildman–Crippen LogP) is 4.12. The van der Waals surface area contributed by atoms with Crippen molar-refractivity contribution in [3.63, 3.8) is 0 Å². The Balaban J connectivity index is 1.50. The van der Waals surface area contributed by atoms with E-state index in [9.17, 15) is 0 Å². The zero-order valence-corrected chi connectivity index (χ0v) is 19.6. The highest BCUT2D eigenvalue weighted by Gasteiger charge is 2.37. The SMILES string of the molecule is CCOc1ccc2c(c1)CN(c1nc(N3CCC(C)(N(C)C)C3)c3ccccc3n1)CC2. The van der Waals surface area contributed by atoms with Crippen LogP contribution in [0.2, 0.25) is 0 Å². The molecule has 1 unspecified atom stereocenters. The van der Waals surface area contributed by atoms with Gasteiger partial charge in [0.1, 0.15) is 11.6 Å². The predicted molar refractivity (Wildman–Crippen MR) is 131 cm³/mol. The molecule has 3 heterocycles. The lowest BCUT2D eigenvalue weighted by atomic mass is 10.00. The number of hydrogen-bond acceptors (Lipinski definition) is 6. The number of aromatic nitrogens is 2. The zero-order valence-electron chi connectivity index (χ0n) is 19.6. The van der Waals surface area contributed by atoms with Gasteiger partial charge in [-0.15, -0.1) is 0 Å². The topological polar surface area (TPSA) is 44.7 Å². The molecule has 0 N–H and O–H groups in total. The van der Waals surface area contributed by atoms with Crippen LogP contribution < -0.4 is 14.5 Å². The molecule has 1 fully saturated rings. The third-order valence-electron chi connectivity index (χ3n) is 7.19. The van der Waals surface area contributed by atoms with Gasteiger partial charge in [-0.25, -0.2) is 4.98 Å². The van der Waals surface area contributed by atoms with Crippen molar-refractivity contribution in [1.82, 2.24) is 14.9 Å². The molecule has 0 amide bonds. The van der Waals surface area contributed by atoms with Crippen molar-refractivity contribution in [1.29, 1.82) is 0 Å². The van der Waals surface area contributed by atoms with Gasteiger partial charge in [-0.3, -0.25) is 0 Å². The molecule has 168 valence electrons. The Morgan fingerprint density at radius 2 is 1.88 bits per heavy atom. The second kappa shape index (κ2) is 8.24. The van der Waals surface area contributed by atoms with Crippen molar-refractivity contribution in [2.45, 2.75) is 38.8 Å². The largest absolute Gasteiger partial charge is 0.494 e. The van der Waals surface area contributed by atoms with E-state index in [0.29, 0.717) is 6.61 Å². The fourth-order valence-electron chi connectivity index (χ4n) is 4.88. The minimum absolute atomic E-state index is 0.159. The minimum atomic E-state index is 0.159. The first-order valence-electron chi connectivity index (χ1n) is 11.7. The number of para-hydroxylation sites is 1. The fourth-order valence-corrected chi connectivity index (χ4v) is 4.88. The van der Waals surface area contributed by atoms with E-state index in [-0.39, 0.29) is 5.54 Å². The molecular weight excluding hydrogens is 398 g/mol. The summed E-state index contributed by atoms with van der Waals surface area (Å²) in [6, 6.07) is 14.9. The lowest BCUT2D eigenvalue weighted by Crippen LogP contribution is -2.43. The molecule has 1 saturated heterocycles. The van der Waals surface area contributed by atoms with Crippen LogP contribution in [0, 0.1) is 0 Å². The van der Waals surface area contributed by atoms with Gasteiger partial charge in [-0.2, -0.15) is 4.98 Å². The number of rotatable bonds is 5. The first-order valence-corrected chi connectivity index (χ1v) is 11.7. The van der Waals surface area contributed by atoms with E-state index >= 15 is 0 Å². The molecule has 2 aliphatic rings. The maximum atomic E-state index is 5.74. The molecule has 6 heteroatoms. The number of nitrogens with zero attached hydrogens (tertiary/aromatic N) is 5. The summed E-state index contributed by atoms with van der Waals surface area (Å²) in [5.41, 5.74) is 3.88. The fraction of sp³-hybridized carbons (Fsp3) is 0.462. The smallest absolute Gasteiger partial charge is 0.228 e. The molecule has 0 aliphatic carbocycles. The third-order valence-corrected chi connectivity index (χ3v) is 7.19. The molecule has 0 radical (unpaired) electrons. The van der Waals surface area contributed by atoms with Gasteiger partial charge in [-0.05, 0) is 76.2 Å². The van der Waals surface area contributed by atoms with Crippen LogP contribution in [-0.4, -0.2) is 60.7 Å². The maximum absolute atomic E-state index is 5.74. The van der Waals surface area contributed by atoms with Crippen LogP contribution in [0.15, 0.2) is 42.5 Å². The van der Waals surface area contributed by atoms with Crippen molar-refractivity contribution in [2.24, 2.45) is 0 Å². The lowest BCUT2D eigenvalue weighted by molar-refractivity contribution is 0.198. The van der Waals surface area contributed by atoms with Crippen molar-refractivity contribution in [2.75, 3.05) is 50.1 Å². The standard InChI is InChI=1S/C26H33N5O/c1-5-32-21-11-10-19-12-14-30(17-20(19)16-21)25-27-23-9-7-6-8-22(23)24(28-25)31-15-13-26(2,18-31)29(3)4/h6-11,16H,5,12-15,17-18H2,1-4H3. The van der Waals surface area contributed by atoms with Gasteiger partial charge in [-0.1, -0.05) is 18.2 Å². The van der Waals surface area contributed by atoms with Crippen LogP contribution in [0.5, 0.6) is 5.75 Å². The van der Waals surface area contributed by atoms with E-state index < -0.39 is 0 Å². The summed E-state index contributed by atoms with van der Waals surface area (Å²) in [5, 5.41) is 1.13. The molecule has 3 aromatic rings. The number of anilines is 2. The van der Waals surface area contributed by atoms with E-state index in [0.717, 1.165) is 67.4 Å². The Morgan fingerprint density at radius 1 is 1.03 bits per heavy atom. The number of likely N-dealkylation sites (N-methyl/N-ethyl adjacent to an activating group) is 1. The summed E-state index contributed by atoms with van der Waals surface area (Å²) in [5.74, 6) is 2.82. The van der Waals surface area contributed by atoms with E-state index in [4.69, 9.17) is 14.7 Å². The summed E-state index contributed by atoms with van der Waals surface area (Å²) < 4.78 is 5.74. The Bertz CT molecular complexity index is 1130. The van der Waals surface area contributed by atoms with Crippen molar-refractivity contribution < 1.29 is 4.74 Å². The molecule has 0 bridgehead atoms. The monoisotopic (exact) mass is 431 g/mol. The van der Waals surface area contributed by atoms with Gasteiger partial charge in [0.2, 0.25) is 5.95 Å². The van der Waals surface area contributed by atoms with Gasteiger partial charge in [0.05, 0.1) is 12.1 Å². The summed E-state index contributed by atoms with van der Waals surface area (Å²) in [6.07, 6.45) is 2.13. The second-order valence-electron chi connectivity index (χ2n) is 9.46. The van der Waals surface area contributed by atoms with E-state index in [2.05, 4.69) is 78.2 Å². The molecule has 1 atom stereocenters. The van der Waals surface area contributed by atoms with Crippen molar-refractivity contribution in [3.05, 3.63) is 53.6 Å². The maximum Gasteiger partial charge on any atom is 0.228 e. The summed E-state index contributed by atoms with van der Waals surface area (Å²) >= 11 is 0. The van der Waals surface area contributed by atoms with Gasteiger partial charge in [0, 0.05) is 37.1 Å². The number of fused-ring (bicyclic) bond motifs is 2. The zero-order chi connectivity index (χ0) is 22.3. The van der Waals surface area contributed by atoms with Gasteiger partial charge in [0.15, 0.2) is 0 Å². The highest BCUT2D eigenvalue weighted by Crippen LogP contribution is 2.34. The average molecular weight is 432 g/mol. The van der Waals surface area contributed by atoms with Crippen LogP contribution in [-0.2, 0) is 13.0 Å². The quantitative estimate of drug-likeness (QED) is 0.606. The normalized spacial score (nSPS) is 20.8. The Kier molecular flexibility index (Phi) is 5.41. The molecule has 2 aromatic carbocycles. The molecule has 0 saturated carbocycles. The first-order chi connectivity index (χ1) is 15.5. The molecule has 2 aliphatic heterocycles. The van der Waals surface area contributed by atoms with Gasteiger partial charge in [0.25, 0.3) is 0 Å². The Labute approximate surface area is 190 Å². The van der Waals surface area contributed by atoms with Crippen LogP contribution in [0.1, 0.15) is 31.4 Å². The number of hydrogen-bond donors (Lipinski definition) is 0. The van der Waals surface area contributed by atoms with Crippen LogP contribution >= 0.6 is 0 Å². The minimum Gasteiger partial charge on any atom is -0.494 e. The van der Waals surface area contributed by atoms with Gasteiger partial charge >= 0.3 is 0 Å². The summed E-state index contributed by atoms with van der Waals surface area (Å²) in [6.45, 7) is 8.76. The number of ether oxygens (including phenoxy) is 1. The lowest BCUT2D eigenvalue weighted by Gasteiger charge is -2.33. The Hall–Kier alpha value is -2.86. The molecule has 6 nitrogen and oxygen atoms in total. The van der Waals surface area contributed by atoms with Crippen LogP contribution in [0.25, 0.3) is 10.9 Å². The average Bonchev–Trinajstić information content (AvgIpc) is 3.21. The van der Waals surface area contributed by atoms with Crippen LogP contribution in [0.3, 0.4) is 0 Å². The highest BCUT2D eigenvalue weighted by molar-refractivity contribution is 5.90. The van der Waals surface area contributed by atoms with Gasteiger partial charge < -0.3 is 19.4 Å². The summed E-state index contributed by atoms with van der Waals surface area (Å²) in [4.78, 5) is 17.2. The van der Waals surface area contributed by atoms with E-state index in [1.54, 1.807) is 0 Å². The molecule has 0 spiro atoms. The van der Waals surface area contributed by atoms with Crippen molar-refractivity contribution in [3.8, 4) is 5.75 Å². The summed E-state index contributed by atoms with van der Waals surface area (Å²) in [7, 11) is 4.35. The van der Waals surface area contributed by atoms with Crippen LogP contribution in [0.4, 0.5) is 11.8 Å². The second-order valence-corrected chi connectivity index (χ2v) is 9.46. The molecule has 32 heavy (non-hydrogen) atoms. The molecule has 1 aromatic heterocycles. The third kappa shape index (κ3) is 3.77. The number of benzene rings is 2. The molecular formula is C26H33N5O. The molecule has 5 rings (SSSR count). The highest BCUT2D eigenvalue weighted by atomic mass is 16.5. The van der Waals surface area contributed by atoms with E-state index in [1.165, 1.54) is 11.1 Å².